The Balaban J connectivity index is 3.56. The van der Waals surface area contributed by atoms with Gasteiger partial charge in [0, 0.05) is 13.2 Å². The number of aliphatic hydroxyl groups excluding tert-OH is 1. The third-order valence-electron chi connectivity index (χ3n) is 4.54. The Hall–Kier alpha value is -0.0800. The summed E-state index contributed by atoms with van der Waals surface area (Å²) >= 11 is 0. The van der Waals surface area contributed by atoms with Crippen LogP contribution in [0.4, 0.5) is 0 Å². The molecule has 134 valence electrons. The van der Waals surface area contributed by atoms with Crippen LogP contribution in [0.15, 0.2) is 0 Å². The van der Waals surface area contributed by atoms with E-state index in [1.165, 1.54) is 96.6 Å². The topological polar surface area (TPSA) is 23.5 Å². The van der Waals surface area contributed by atoms with E-state index >= 15 is 0 Å². The predicted molar refractivity (Wildman–Crippen MR) is 99.5 cm³/mol. The summed E-state index contributed by atoms with van der Waals surface area (Å²) in [6.07, 6.45) is 18.9. The maximum atomic E-state index is 9.05. The van der Waals surface area contributed by atoms with E-state index in [4.69, 9.17) is 5.11 Å². The van der Waals surface area contributed by atoms with Gasteiger partial charge in [0.15, 0.2) is 0 Å². The van der Waals surface area contributed by atoms with Gasteiger partial charge in [0.05, 0.1) is 0 Å². The van der Waals surface area contributed by atoms with Crippen molar-refractivity contribution in [2.75, 3.05) is 26.2 Å². The summed E-state index contributed by atoms with van der Waals surface area (Å²) in [6, 6.07) is 0. The smallest absolute Gasteiger partial charge is 0.0443 e. The molecule has 0 radical (unpaired) electrons. The van der Waals surface area contributed by atoms with Crippen molar-refractivity contribution >= 4 is 0 Å². The van der Waals surface area contributed by atoms with Crippen molar-refractivity contribution in [3.8, 4) is 0 Å². The molecule has 0 spiro atoms. The number of nitrogens with zero attached hydrogens (tertiary/aromatic N) is 1. The second kappa shape index (κ2) is 19.0. The first kappa shape index (κ1) is 21.9. The summed E-state index contributed by atoms with van der Waals surface area (Å²) in [5.74, 6) is 0. The zero-order valence-electron chi connectivity index (χ0n) is 15.6. The number of rotatable bonds is 18. The lowest BCUT2D eigenvalue weighted by molar-refractivity contribution is 0.217. The molecule has 22 heavy (non-hydrogen) atoms. The number of hydrogen-bond acceptors (Lipinski definition) is 2. The Morgan fingerprint density at radius 1 is 0.500 bits per heavy atom. The fourth-order valence-electron chi connectivity index (χ4n) is 3.04. The van der Waals surface area contributed by atoms with Crippen LogP contribution < -0.4 is 0 Å². The molecule has 0 bridgehead atoms. The summed E-state index contributed by atoms with van der Waals surface area (Å²) in [6.45, 7) is 8.45. The normalized spacial score (nSPS) is 11.5. The summed E-state index contributed by atoms with van der Waals surface area (Å²) < 4.78 is 0. The van der Waals surface area contributed by atoms with Crippen LogP contribution in [0.25, 0.3) is 0 Å². The van der Waals surface area contributed by atoms with Crippen molar-refractivity contribution in [1.29, 1.82) is 0 Å². The maximum absolute atomic E-state index is 9.05. The van der Waals surface area contributed by atoms with E-state index in [1.54, 1.807) is 0 Å². The Kier molecular flexibility index (Phi) is 18.9. The summed E-state index contributed by atoms with van der Waals surface area (Å²) in [5.41, 5.74) is 0. The van der Waals surface area contributed by atoms with Crippen molar-refractivity contribution in [2.45, 2.75) is 104 Å². The van der Waals surface area contributed by atoms with Crippen molar-refractivity contribution in [1.82, 2.24) is 4.90 Å². The largest absolute Gasteiger partial charge is 0.396 e. The molecule has 0 aromatic carbocycles. The molecule has 2 heteroatoms. The molecule has 0 amide bonds. The van der Waals surface area contributed by atoms with Gasteiger partial charge < -0.3 is 10.0 Å². The molecule has 0 aliphatic carbocycles. The van der Waals surface area contributed by atoms with Gasteiger partial charge in [-0.3, -0.25) is 0 Å². The second-order valence-corrected chi connectivity index (χ2v) is 6.81. The Bertz CT molecular complexity index is 196. The highest BCUT2D eigenvalue weighted by molar-refractivity contribution is 4.59. The van der Waals surface area contributed by atoms with Gasteiger partial charge in [0.25, 0.3) is 0 Å². The van der Waals surface area contributed by atoms with E-state index < -0.39 is 0 Å². The van der Waals surface area contributed by atoms with Crippen molar-refractivity contribution in [3.63, 3.8) is 0 Å². The molecule has 0 fully saturated rings. The first-order chi connectivity index (χ1) is 10.8. The fraction of sp³-hybridized carbons (Fsp3) is 1.00. The van der Waals surface area contributed by atoms with Gasteiger partial charge in [-0.15, -0.1) is 0 Å². The quantitative estimate of drug-likeness (QED) is 0.324. The van der Waals surface area contributed by atoms with E-state index in [-0.39, 0.29) is 0 Å². The molecule has 0 aliphatic rings. The highest BCUT2D eigenvalue weighted by Crippen LogP contribution is 2.09. The zero-order valence-corrected chi connectivity index (χ0v) is 15.6. The lowest BCUT2D eigenvalue weighted by atomic mass is 10.1. The SMILES string of the molecule is CCCCCCCCCN(CCCO)CCCCCCCC. The second-order valence-electron chi connectivity index (χ2n) is 6.81. The van der Waals surface area contributed by atoms with Crippen LogP contribution in [0.1, 0.15) is 104 Å². The van der Waals surface area contributed by atoms with E-state index in [9.17, 15) is 0 Å². The number of unbranched alkanes of at least 4 members (excludes halogenated alkanes) is 11. The van der Waals surface area contributed by atoms with E-state index in [0.29, 0.717) is 6.61 Å². The van der Waals surface area contributed by atoms with Gasteiger partial charge in [0.1, 0.15) is 0 Å². The minimum Gasteiger partial charge on any atom is -0.396 e. The zero-order chi connectivity index (χ0) is 16.3. The minimum atomic E-state index is 0.337. The molecule has 0 rings (SSSR count). The summed E-state index contributed by atoms with van der Waals surface area (Å²) in [4.78, 5) is 2.59. The van der Waals surface area contributed by atoms with Crippen molar-refractivity contribution in [3.05, 3.63) is 0 Å². The molecule has 0 aliphatic heterocycles. The highest BCUT2D eigenvalue weighted by Gasteiger charge is 2.04. The van der Waals surface area contributed by atoms with Crippen LogP contribution in [0, 0.1) is 0 Å². The van der Waals surface area contributed by atoms with Crippen LogP contribution in [0.2, 0.25) is 0 Å². The first-order valence-electron chi connectivity index (χ1n) is 10.2. The summed E-state index contributed by atoms with van der Waals surface area (Å²) in [7, 11) is 0. The van der Waals surface area contributed by atoms with Gasteiger partial charge in [-0.1, -0.05) is 84.5 Å². The molecule has 0 aromatic heterocycles. The molecule has 1 N–H and O–H groups in total. The molecular weight excluding hydrogens is 270 g/mol. The molecule has 0 saturated heterocycles. The Labute approximate surface area is 140 Å². The lowest BCUT2D eigenvalue weighted by Crippen LogP contribution is -2.27. The molecule has 2 nitrogen and oxygen atoms in total. The minimum absolute atomic E-state index is 0.337. The molecule has 0 atom stereocenters. The van der Waals surface area contributed by atoms with Crippen LogP contribution in [0.5, 0.6) is 0 Å². The standard InChI is InChI=1S/C20H43NO/c1-3-5-7-9-11-13-15-18-21(19-16-20-22)17-14-12-10-8-6-4-2/h22H,3-20H2,1-2H3. The van der Waals surface area contributed by atoms with E-state index in [1.807, 2.05) is 0 Å². The Morgan fingerprint density at radius 2 is 0.864 bits per heavy atom. The first-order valence-corrected chi connectivity index (χ1v) is 10.2. The molecular formula is C20H43NO. The van der Waals surface area contributed by atoms with Gasteiger partial charge in [-0.2, -0.15) is 0 Å². The third kappa shape index (κ3) is 16.3. The molecule has 0 aromatic rings. The Morgan fingerprint density at radius 3 is 1.27 bits per heavy atom. The van der Waals surface area contributed by atoms with Crippen molar-refractivity contribution < 1.29 is 5.11 Å². The maximum Gasteiger partial charge on any atom is 0.0443 e. The third-order valence-corrected chi connectivity index (χ3v) is 4.54. The number of hydrogen-bond donors (Lipinski definition) is 1. The molecule has 0 heterocycles. The summed E-state index contributed by atoms with van der Waals surface area (Å²) in [5, 5.41) is 9.05. The van der Waals surface area contributed by atoms with E-state index in [0.717, 1.165) is 13.0 Å². The van der Waals surface area contributed by atoms with Gasteiger partial charge >= 0.3 is 0 Å². The predicted octanol–water partition coefficient (Wildman–Crippen LogP) is 5.78. The van der Waals surface area contributed by atoms with E-state index in [2.05, 4.69) is 18.7 Å². The van der Waals surface area contributed by atoms with Gasteiger partial charge in [0.2, 0.25) is 0 Å². The molecule has 0 unspecified atom stereocenters. The van der Waals surface area contributed by atoms with Gasteiger partial charge in [-0.05, 0) is 32.4 Å². The molecule has 0 saturated carbocycles. The lowest BCUT2D eigenvalue weighted by Gasteiger charge is -2.22. The van der Waals surface area contributed by atoms with Gasteiger partial charge in [-0.25, -0.2) is 0 Å². The average Bonchev–Trinajstić information content (AvgIpc) is 2.54. The fourth-order valence-corrected chi connectivity index (χ4v) is 3.04. The van der Waals surface area contributed by atoms with Crippen LogP contribution in [-0.4, -0.2) is 36.2 Å². The van der Waals surface area contributed by atoms with Crippen LogP contribution in [-0.2, 0) is 0 Å². The van der Waals surface area contributed by atoms with Crippen LogP contribution >= 0.6 is 0 Å². The highest BCUT2D eigenvalue weighted by atomic mass is 16.3. The van der Waals surface area contributed by atoms with Crippen molar-refractivity contribution in [2.24, 2.45) is 0 Å². The monoisotopic (exact) mass is 313 g/mol. The average molecular weight is 314 g/mol. The van der Waals surface area contributed by atoms with Crippen LogP contribution in [0.3, 0.4) is 0 Å². The number of aliphatic hydroxyl groups is 1.